The predicted octanol–water partition coefficient (Wildman–Crippen LogP) is 3.66. The van der Waals surface area contributed by atoms with Gasteiger partial charge in [0.2, 0.25) is 15.9 Å². The molecule has 3 rings (SSSR count). The topological polar surface area (TPSA) is 66.5 Å². The Morgan fingerprint density at radius 2 is 1.96 bits per heavy atom. The van der Waals surface area contributed by atoms with Gasteiger partial charge in [-0.3, -0.25) is 4.79 Å². The van der Waals surface area contributed by atoms with E-state index in [0.717, 1.165) is 0 Å². The summed E-state index contributed by atoms with van der Waals surface area (Å²) in [6, 6.07) is 12.2. The molecule has 0 aliphatic carbocycles. The van der Waals surface area contributed by atoms with Crippen LogP contribution < -0.4 is 5.32 Å². The fraction of sp³-hybridized carbons (Fsp3) is 0.316. The van der Waals surface area contributed by atoms with E-state index < -0.39 is 15.9 Å². The highest BCUT2D eigenvalue weighted by Gasteiger charge is 2.32. The minimum atomic E-state index is -3.55. The van der Waals surface area contributed by atoms with Crippen molar-refractivity contribution in [2.45, 2.75) is 18.6 Å². The zero-order chi connectivity index (χ0) is 19.4. The van der Waals surface area contributed by atoms with Crippen LogP contribution in [0.2, 0.25) is 5.02 Å². The van der Waals surface area contributed by atoms with Gasteiger partial charge in [0.15, 0.2) is 0 Å². The van der Waals surface area contributed by atoms with Gasteiger partial charge in [-0.25, -0.2) is 17.1 Å². The molecule has 0 radical (unpaired) electrons. The van der Waals surface area contributed by atoms with E-state index in [0.29, 0.717) is 35.7 Å². The smallest absolute Gasteiger partial charge is 0.228 e. The second-order valence-corrected chi connectivity index (χ2v) is 8.98. The summed E-state index contributed by atoms with van der Waals surface area (Å²) in [4.78, 5) is 12.5. The van der Waals surface area contributed by atoms with Gasteiger partial charge in [0.1, 0.15) is 5.82 Å². The predicted molar refractivity (Wildman–Crippen MR) is 103 cm³/mol. The Morgan fingerprint density at radius 1 is 1.22 bits per heavy atom. The van der Waals surface area contributed by atoms with Gasteiger partial charge < -0.3 is 5.32 Å². The van der Waals surface area contributed by atoms with Crippen LogP contribution in [0.3, 0.4) is 0 Å². The highest BCUT2D eigenvalue weighted by molar-refractivity contribution is 7.88. The molecule has 1 aliphatic rings. The summed E-state index contributed by atoms with van der Waals surface area (Å²) >= 11 is 5.93. The molecule has 1 amide bonds. The maximum Gasteiger partial charge on any atom is 0.228 e. The third-order valence-electron chi connectivity index (χ3n) is 4.50. The Kier molecular flexibility index (Phi) is 6.14. The van der Waals surface area contributed by atoms with E-state index in [-0.39, 0.29) is 24.0 Å². The minimum absolute atomic E-state index is 0.135. The Morgan fingerprint density at radius 3 is 2.67 bits per heavy atom. The van der Waals surface area contributed by atoms with Crippen molar-refractivity contribution < 1.29 is 17.6 Å². The quantitative estimate of drug-likeness (QED) is 0.818. The number of halogens is 2. The molecule has 1 atom stereocenters. The Bertz CT molecular complexity index is 919. The van der Waals surface area contributed by atoms with Crippen molar-refractivity contribution >= 4 is 33.2 Å². The minimum Gasteiger partial charge on any atom is -0.326 e. The fourth-order valence-electron chi connectivity index (χ4n) is 3.12. The number of piperidine rings is 1. The van der Waals surface area contributed by atoms with E-state index in [4.69, 9.17) is 11.6 Å². The molecule has 2 aromatic rings. The number of rotatable bonds is 5. The molecule has 0 unspecified atom stereocenters. The summed E-state index contributed by atoms with van der Waals surface area (Å²) in [5.41, 5.74) is 1.10. The maximum absolute atomic E-state index is 13.0. The second kappa shape index (κ2) is 8.37. The number of nitrogens with zero attached hydrogens (tertiary/aromatic N) is 1. The van der Waals surface area contributed by atoms with Crippen LogP contribution in [0.1, 0.15) is 18.4 Å². The number of benzene rings is 2. The summed E-state index contributed by atoms with van der Waals surface area (Å²) in [6.45, 7) is 0.527. The molecule has 1 saturated heterocycles. The summed E-state index contributed by atoms with van der Waals surface area (Å²) in [5.74, 6) is -1.24. The van der Waals surface area contributed by atoms with Gasteiger partial charge in [-0.2, -0.15) is 0 Å². The summed E-state index contributed by atoms with van der Waals surface area (Å²) < 4.78 is 39.8. The maximum atomic E-state index is 13.0. The average Bonchev–Trinajstić information content (AvgIpc) is 2.63. The van der Waals surface area contributed by atoms with Crippen molar-refractivity contribution in [3.05, 3.63) is 64.9 Å². The Balaban J connectivity index is 1.65. The number of carbonyl (C=O) groups excluding carboxylic acids is 1. The molecule has 2 aromatic carbocycles. The van der Waals surface area contributed by atoms with Crippen molar-refractivity contribution in [3.8, 4) is 0 Å². The Hall–Kier alpha value is -1.96. The number of hydrogen-bond donors (Lipinski definition) is 1. The SMILES string of the molecule is O=C(Nc1ccc(F)cc1)[C@@H]1CCCN(S(=O)(=O)Cc2cccc(Cl)c2)C1. The standard InChI is InChI=1S/C19H20ClFN2O3S/c20-16-5-1-3-14(11-16)13-27(25,26)23-10-2-4-15(12-23)19(24)22-18-8-6-17(21)7-9-18/h1,3,5-9,11,15H,2,4,10,12-13H2,(H,22,24)/t15-/m1/s1. The van der Waals surface area contributed by atoms with Gasteiger partial charge in [0, 0.05) is 23.8 Å². The first kappa shape index (κ1) is 19.8. The monoisotopic (exact) mass is 410 g/mol. The molecule has 144 valence electrons. The molecule has 1 N–H and O–H groups in total. The number of anilines is 1. The van der Waals surface area contributed by atoms with E-state index in [9.17, 15) is 17.6 Å². The van der Waals surface area contributed by atoms with E-state index in [1.807, 2.05) is 0 Å². The Labute approximate surface area is 163 Å². The van der Waals surface area contributed by atoms with Crippen molar-refractivity contribution in [3.63, 3.8) is 0 Å². The lowest BCUT2D eigenvalue weighted by Crippen LogP contribution is -2.44. The van der Waals surface area contributed by atoms with Gasteiger partial charge >= 0.3 is 0 Å². The van der Waals surface area contributed by atoms with Gasteiger partial charge in [0.25, 0.3) is 0 Å². The van der Waals surface area contributed by atoms with Crippen LogP contribution in [-0.2, 0) is 20.6 Å². The normalized spacial score (nSPS) is 18.2. The van der Waals surface area contributed by atoms with Gasteiger partial charge in [-0.15, -0.1) is 0 Å². The van der Waals surface area contributed by atoms with E-state index in [2.05, 4.69) is 5.32 Å². The van der Waals surface area contributed by atoms with Gasteiger partial charge in [-0.05, 0) is 54.8 Å². The molecule has 0 bridgehead atoms. The van der Waals surface area contributed by atoms with Gasteiger partial charge in [0.05, 0.1) is 11.7 Å². The zero-order valence-electron chi connectivity index (χ0n) is 14.6. The summed E-state index contributed by atoms with van der Waals surface area (Å²) in [6.07, 6.45) is 1.21. The number of carbonyl (C=O) groups is 1. The lowest BCUT2D eigenvalue weighted by molar-refractivity contribution is -0.120. The van der Waals surface area contributed by atoms with Crippen LogP contribution in [0.25, 0.3) is 0 Å². The highest BCUT2D eigenvalue weighted by Crippen LogP contribution is 2.23. The molecule has 27 heavy (non-hydrogen) atoms. The third kappa shape index (κ3) is 5.28. The molecule has 8 heteroatoms. The van der Waals surface area contributed by atoms with Crippen molar-refractivity contribution in [2.24, 2.45) is 5.92 Å². The lowest BCUT2D eigenvalue weighted by atomic mass is 9.99. The number of hydrogen-bond acceptors (Lipinski definition) is 3. The van der Waals surface area contributed by atoms with E-state index >= 15 is 0 Å². The first-order chi connectivity index (χ1) is 12.8. The zero-order valence-corrected chi connectivity index (χ0v) is 16.1. The van der Waals surface area contributed by atoms with E-state index in [1.54, 1.807) is 24.3 Å². The number of sulfonamides is 1. The number of amides is 1. The van der Waals surface area contributed by atoms with Gasteiger partial charge in [-0.1, -0.05) is 23.7 Å². The average molecular weight is 411 g/mol. The van der Waals surface area contributed by atoms with Crippen LogP contribution in [0.5, 0.6) is 0 Å². The highest BCUT2D eigenvalue weighted by atomic mass is 35.5. The largest absolute Gasteiger partial charge is 0.326 e. The van der Waals surface area contributed by atoms with Crippen LogP contribution in [0.15, 0.2) is 48.5 Å². The third-order valence-corrected chi connectivity index (χ3v) is 6.55. The van der Waals surface area contributed by atoms with Crippen molar-refractivity contribution in [1.82, 2.24) is 4.31 Å². The molecule has 5 nitrogen and oxygen atoms in total. The molecule has 1 aliphatic heterocycles. The lowest BCUT2D eigenvalue weighted by Gasteiger charge is -2.31. The molecule has 1 heterocycles. The fourth-order valence-corrected chi connectivity index (χ4v) is 4.93. The molecule has 0 spiro atoms. The second-order valence-electron chi connectivity index (χ2n) is 6.58. The van der Waals surface area contributed by atoms with Crippen LogP contribution in [0, 0.1) is 11.7 Å². The molecular weight excluding hydrogens is 391 g/mol. The van der Waals surface area contributed by atoms with Crippen LogP contribution in [-0.4, -0.2) is 31.7 Å². The van der Waals surface area contributed by atoms with Crippen LogP contribution >= 0.6 is 11.6 Å². The van der Waals surface area contributed by atoms with Crippen molar-refractivity contribution in [2.75, 3.05) is 18.4 Å². The van der Waals surface area contributed by atoms with Crippen LogP contribution in [0.4, 0.5) is 10.1 Å². The van der Waals surface area contributed by atoms with Crippen molar-refractivity contribution in [1.29, 1.82) is 0 Å². The summed E-state index contributed by atoms with van der Waals surface area (Å²) in [5, 5.41) is 3.21. The number of nitrogens with one attached hydrogen (secondary N) is 1. The molecular formula is C19H20ClFN2O3S. The molecule has 1 fully saturated rings. The molecule has 0 saturated carbocycles. The first-order valence-corrected chi connectivity index (χ1v) is 10.6. The van der Waals surface area contributed by atoms with E-state index in [1.165, 1.54) is 28.6 Å². The molecule has 0 aromatic heterocycles. The first-order valence-electron chi connectivity index (χ1n) is 8.62. The summed E-state index contributed by atoms with van der Waals surface area (Å²) in [7, 11) is -3.55.